The summed E-state index contributed by atoms with van der Waals surface area (Å²) >= 11 is 3.10. The molecule has 0 fully saturated rings. The third kappa shape index (κ3) is 1.62. The topological polar surface area (TPSA) is 33.2 Å². The van der Waals surface area contributed by atoms with Gasteiger partial charge < -0.3 is 4.90 Å². The van der Waals surface area contributed by atoms with Crippen molar-refractivity contribution in [1.82, 2.24) is 4.98 Å². The van der Waals surface area contributed by atoms with Gasteiger partial charge in [0, 0.05) is 24.2 Å². The largest absolute Gasteiger partial charge is 0.354 e. The Morgan fingerprint density at radius 1 is 1.12 bits per heavy atom. The van der Waals surface area contributed by atoms with Crippen LogP contribution in [0.3, 0.4) is 0 Å². The zero-order valence-corrected chi connectivity index (χ0v) is 11.1. The molecule has 0 saturated carbocycles. The molecule has 0 aliphatic rings. The van der Waals surface area contributed by atoms with Gasteiger partial charge in [0.1, 0.15) is 4.70 Å². The van der Waals surface area contributed by atoms with Crippen LogP contribution >= 0.6 is 22.7 Å². The highest BCUT2D eigenvalue weighted by Gasteiger charge is 2.11. The van der Waals surface area contributed by atoms with Gasteiger partial charge >= 0.3 is 0 Å². The number of benzene rings is 1. The van der Waals surface area contributed by atoms with E-state index in [2.05, 4.69) is 11.1 Å². The Hall–Kier alpha value is -1.46. The van der Waals surface area contributed by atoms with E-state index >= 15 is 0 Å². The number of hydrogen-bond acceptors (Lipinski definition) is 5. The number of anilines is 1. The molecule has 3 aromatic rings. The predicted molar refractivity (Wildman–Crippen MR) is 75.6 cm³/mol. The van der Waals surface area contributed by atoms with Gasteiger partial charge in [0.2, 0.25) is 0 Å². The molecule has 0 radical (unpaired) electrons. The number of aromatic nitrogens is 1. The lowest BCUT2D eigenvalue weighted by molar-refractivity contribution is 1.09. The van der Waals surface area contributed by atoms with Crippen LogP contribution in [-0.2, 0) is 0 Å². The minimum absolute atomic E-state index is 0.122. The normalized spacial score (nSPS) is 11.2. The van der Waals surface area contributed by atoms with Crippen LogP contribution in [-0.4, -0.2) is 19.1 Å². The molecule has 0 N–H and O–H groups in total. The first-order valence-electron chi connectivity index (χ1n) is 5.16. The lowest BCUT2D eigenvalue weighted by Gasteiger charge is -2.08. The van der Waals surface area contributed by atoms with Crippen molar-refractivity contribution in [2.24, 2.45) is 0 Å². The number of rotatable bonds is 1. The number of fused-ring (bicyclic) bond motifs is 3. The van der Waals surface area contributed by atoms with Crippen LogP contribution < -0.4 is 10.5 Å². The maximum Gasteiger partial charge on any atom is 0.291 e. The Kier molecular flexibility index (Phi) is 2.38. The minimum Gasteiger partial charge on any atom is -0.354 e. The summed E-state index contributed by atoms with van der Waals surface area (Å²) in [5.41, 5.74) is -0.122. The SMILES string of the molecule is CN(C)c1nc(=O)c2sc3ccccc3c2s1. The van der Waals surface area contributed by atoms with Gasteiger partial charge in [0.05, 0.1) is 4.70 Å². The fraction of sp³-hybridized carbons (Fsp3) is 0.167. The molecule has 0 atom stereocenters. The molecule has 17 heavy (non-hydrogen) atoms. The molecule has 2 heterocycles. The summed E-state index contributed by atoms with van der Waals surface area (Å²) in [6.07, 6.45) is 0. The van der Waals surface area contributed by atoms with Crippen LogP contribution in [0.15, 0.2) is 29.1 Å². The maximum absolute atomic E-state index is 12.0. The van der Waals surface area contributed by atoms with Crippen LogP contribution in [0.5, 0.6) is 0 Å². The van der Waals surface area contributed by atoms with Gasteiger partial charge in [-0.25, -0.2) is 0 Å². The highest BCUT2D eigenvalue weighted by molar-refractivity contribution is 7.32. The molecule has 0 aliphatic heterocycles. The van der Waals surface area contributed by atoms with E-state index in [4.69, 9.17) is 0 Å². The third-order valence-electron chi connectivity index (χ3n) is 2.52. The molecule has 3 rings (SSSR count). The van der Waals surface area contributed by atoms with Crippen molar-refractivity contribution in [2.75, 3.05) is 19.0 Å². The van der Waals surface area contributed by atoms with E-state index in [1.165, 1.54) is 11.3 Å². The molecule has 0 unspecified atom stereocenters. The van der Waals surface area contributed by atoms with Crippen molar-refractivity contribution >= 4 is 47.3 Å². The zero-order chi connectivity index (χ0) is 12.0. The molecular weight excluding hydrogens is 252 g/mol. The second-order valence-corrected chi connectivity index (χ2v) is 5.98. The highest BCUT2D eigenvalue weighted by atomic mass is 32.1. The molecule has 86 valence electrons. The van der Waals surface area contributed by atoms with Crippen LogP contribution in [0.25, 0.3) is 19.5 Å². The lowest BCUT2D eigenvalue weighted by atomic mass is 10.2. The molecule has 0 bridgehead atoms. The molecule has 1 aromatic carbocycles. The lowest BCUT2D eigenvalue weighted by Crippen LogP contribution is -2.14. The molecule has 0 aliphatic carbocycles. The minimum atomic E-state index is -0.122. The second kappa shape index (κ2) is 3.78. The van der Waals surface area contributed by atoms with Gasteiger partial charge in [-0.2, -0.15) is 4.98 Å². The van der Waals surface area contributed by atoms with Crippen molar-refractivity contribution in [1.29, 1.82) is 0 Å². The van der Waals surface area contributed by atoms with Gasteiger partial charge in [-0.15, -0.1) is 11.3 Å². The van der Waals surface area contributed by atoms with Crippen molar-refractivity contribution in [3.8, 4) is 0 Å². The van der Waals surface area contributed by atoms with E-state index in [0.29, 0.717) is 0 Å². The first-order chi connectivity index (χ1) is 8.16. The van der Waals surface area contributed by atoms with Crippen molar-refractivity contribution < 1.29 is 0 Å². The standard InChI is InChI=1S/C12H10N2OS2/c1-14(2)12-13-11(15)10-9(17-12)7-5-3-4-6-8(7)16-10/h3-6H,1-2H3. The summed E-state index contributed by atoms with van der Waals surface area (Å²) in [6.45, 7) is 0. The van der Waals surface area contributed by atoms with E-state index in [1.54, 1.807) is 11.3 Å². The highest BCUT2D eigenvalue weighted by Crippen LogP contribution is 2.35. The number of nitrogens with zero attached hydrogens (tertiary/aromatic N) is 2. The first kappa shape index (κ1) is 10.7. The van der Waals surface area contributed by atoms with Crippen LogP contribution in [0.4, 0.5) is 5.13 Å². The fourth-order valence-corrected chi connectivity index (χ4v) is 3.97. The molecule has 2 aromatic heterocycles. The first-order valence-corrected chi connectivity index (χ1v) is 6.80. The molecule has 5 heteroatoms. The summed E-state index contributed by atoms with van der Waals surface area (Å²) < 4.78 is 2.96. The maximum atomic E-state index is 12.0. The summed E-state index contributed by atoms with van der Waals surface area (Å²) in [4.78, 5) is 17.9. The zero-order valence-electron chi connectivity index (χ0n) is 9.43. The summed E-state index contributed by atoms with van der Waals surface area (Å²) in [6, 6.07) is 8.10. The number of hydrogen-bond donors (Lipinski definition) is 0. The Labute approximate surface area is 106 Å². The van der Waals surface area contributed by atoms with Crippen molar-refractivity contribution in [2.45, 2.75) is 0 Å². The molecule has 0 amide bonds. The third-order valence-corrected chi connectivity index (χ3v) is 5.07. The monoisotopic (exact) mass is 262 g/mol. The fourth-order valence-electron chi connectivity index (χ4n) is 1.71. The van der Waals surface area contributed by atoms with Crippen molar-refractivity contribution in [3.05, 3.63) is 34.6 Å². The summed E-state index contributed by atoms with van der Waals surface area (Å²) in [5, 5.41) is 1.91. The molecular formula is C12H10N2OS2. The van der Waals surface area contributed by atoms with Crippen LogP contribution in [0.1, 0.15) is 0 Å². The Morgan fingerprint density at radius 2 is 1.88 bits per heavy atom. The van der Waals surface area contributed by atoms with Crippen LogP contribution in [0, 0.1) is 0 Å². The van der Waals surface area contributed by atoms with Gasteiger partial charge in [-0.3, -0.25) is 4.79 Å². The van der Waals surface area contributed by atoms with Gasteiger partial charge in [-0.1, -0.05) is 29.5 Å². The molecule has 3 nitrogen and oxygen atoms in total. The quantitative estimate of drug-likeness (QED) is 0.676. The predicted octanol–water partition coefficient (Wildman–Crippen LogP) is 2.94. The molecule has 0 saturated heterocycles. The van der Waals surface area contributed by atoms with E-state index < -0.39 is 0 Å². The Bertz CT molecular complexity index is 758. The summed E-state index contributed by atoms with van der Waals surface area (Å²) in [5.74, 6) is 0. The van der Waals surface area contributed by atoms with Crippen LogP contribution in [0.2, 0.25) is 0 Å². The summed E-state index contributed by atoms with van der Waals surface area (Å²) in [7, 11) is 3.80. The smallest absolute Gasteiger partial charge is 0.291 e. The average molecular weight is 262 g/mol. The van der Waals surface area contributed by atoms with E-state index in [-0.39, 0.29) is 5.56 Å². The van der Waals surface area contributed by atoms with E-state index in [9.17, 15) is 4.79 Å². The van der Waals surface area contributed by atoms with Gasteiger partial charge in [-0.05, 0) is 6.07 Å². The van der Waals surface area contributed by atoms with E-state index in [1.807, 2.05) is 37.2 Å². The number of thiophene rings is 1. The second-order valence-electron chi connectivity index (χ2n) is 3.95. The Balaban J connectivity index is 2.50. The van der Waals surface area contributed by atoms with Gasteiger partial charge in [0.25, 0.3) is 5.56 Å². The van der Waals surface area contributed by atoms with Gasteiger partial charge in [0.15, 0.2) is 5.13 Å². The van der Waals surface area contributed by atoms with Crippen molar-refractivity contribution in [3.63, 3.8) is 0 Å². The molecule has 0 spiro atoms. The Morgan fingerprint density at radius 3 is 2.65 bits per heavy atom. The van der Waals surface area contributed by atoms with E-state index in [0.717, 1.165) is 24.6 Å². The average Bonchev–Trinajstić information content (AvgIpc) is 2.68.